The van der Waals surface area contributed by atoms with Crippen LogP contribution < -0.4 is 5.32 Å². The molecule has 0 aliphatic heterocycles. The number of nitrogens with zero attached hydrogens (tertiary/aromatic N) is 2. The highest BCUT2D eigenvalue weighted by Crippen LogP contribution is 2.49. The van der Waals surface area contributed by atoms with Gasteiger partial charge in [-0.2, -0.15) is 5.10 Å². The maximum absolute atomic E-state index is 12.4. The number of rotatable bonds is 5. The van der Waals surface area contributed by atoms with Gasteiger partial charge in [-0.15, -0.1) is 0 Å². The first kappa shape index (κ1) is 15.4. The molecule has 0 radical (unpaired) electrons. The van der Waals surface area contributed by atoms with Crippen LogP contribution in [0.3, 0.4) is 0 Å². The Bertz CT molecular complexity index is 709. The van der Waals surface area contributed by atoms with Gasteiger partial charge < -0.3 is 5.32 Å². The van der Waals surface area contributed by atoms with Crippen molar-refractivity contribution in [2.45, 2.75) is 45.1 Å². The molecule has 4 heteroatoms. The van der Waals surface area contributed by atoms with E-state index in [-0.39, 0.29) is 11.9 Å². The third-order valence-electron chi connectivity index (χ3n) is 5.85. The summed E-state index contributed by atoms with van der Waals surface area (Å²) in [5.41, 5.74) is 1.97. The van der Waals surface area contributed by atoms with E-state index in [1.165, 1.54) is 25.7 Å². The number of para-hydroxylation sites is 1. The van der Waals surface area contributed by atoms with Crippen LogP contribution >= 0.6 is 0 Å². The molecule has 1 aromatic carbocycles. The zero-order valence-electron chi connectivity index (χ0n) is 14.2. The van der Waals surface area contributed by atoms with Gasteiger partial charge in [0.05, 0.1) is 18.3 Å². The molecular weight excluding hydrogens is 298 g/mol. The first-order valence-corrected chi connectivity index (χ1v) is 9.07. The zero-order chi connectivity index (χ0) is 16.5. The standard InChI is InChI=1S/C20H25N3O/c1-14(19-10-15-7-8-17(19)9-15)22-20(24)11-16-12-21-23(13-16)18-5-3-2-4-6-18/h2-6,12-15,17,19H,7-11H2,1H3,(H,22,24)/t14-,15+,17+,19+/m1/s1. The average molecular weight is 323 g/mol. The van der Waals surface area contributed by atoms with Crippen molar-refractivity contribution in [1.82, 2.24) is 15.1 Å². The first-order valence-electron chi connectivity index (χ1n) is 9.07. The largest absolute Gasteiger partial charge is 0.353 e. The van der Waals surface area contributed by atoms with Crippen molar-refractivity contribution in [3.05, 3.63) is 48.3 Å². The molecule has 2 saturated carbocycles. The second kappa shape index (κ2) is 6.42. The first-order chi connectivity index (χ1) is 11.7. The van der Waals surface area contributed by atoms with E-state index in [0.29, 0.717) is 12.3 Å². The third-order valence-corrected chi connectivity index (χ3v) is 5.85. The predicted molar refractivity (Wildman–Crippen MR) is 93.8 cm³/mol. The van der Waals surface area contributed by atoms with Crippen molar-refractivity contribution < 1.29 is 4.79 Å². The van der Waals surface area contributed by atoms with E-state index in [9.17, 15) is 4.79 Å². The summed E-state index contributed by atoms with van der Waals surface area (Å²) >= 11 is 0. The number of carbonyl (C=O) groups excluding carboxylic acids is 1. The highest BCUT2D eigenvalue weighted by Gasteiger charge is 2.42. The van der Waals surface area contributed by atoms with Gasteiger partial charge in [0, 0.05) is 12.2 Å². The number of amides is 1. The van der Waals surface area contributed by atoms with E-state index in [2.05, 4.69) is 17.3 Å². The number of hydrogen-bond donors (Lipinski definition) is 1. The fourth-order valence-corrected chi connectivity index (χ4v) is 4.68. The fourth-order valence-electron chi connectivity index (χ4n) is 4.68. The number of carbonyl (C=O) groups is 1. The van der Waals surface area contributed by atoms with Gasteiger partial charge >= 0.3 is 0 Å². The normalized spacial score (nSPS) is 26.5. The van der Waals surface area contributed by atoms with Gasteiger partial charge in [0.15, 0.2) is 0 Å². The molecule has 24 heavy (non-hydrogen) atoms. The monoisotopic (exact) mass is 323 g/mol. The molecular formula is C20H25N3O. The number of hydrogen-bond acceptors (Lipinski definition) is 2. The minimum absolute atomic E-state index is 0.109. The molecule has 4 rings (SSSR count). The summed E-state index contributed by atoms with van der Waals surface area (Å²) in [5.74, 6) is 2.55. The molecule has 2 aliphatic carbocycles. The molecule has 2 aliphatic rings. The molecule has 1 aromatic heterocycles. The van der Waals surface area contributed by atoms with Crippen LogP contribution in [0, 0.1) is 17.8 Å². The van der Waals surface area contributed by atoms with Gasteiger partial charge in [-0.05, 0) is 61.6 Å². The van der Waals surface area contributed by atoms with Gasteiger partial charge in [-0.3, -0.25) is 4.79 Å². The topological polar surface area (TPSA) is 46.9 Å². The van der Waals surface area contributed by atoms with Crippen LogP contribution in [-0.2, 0) is 11.2 Å². The Morgan fingerprint density at radius 2 is 2.12 bits per heavy atom. The highest BCUT2D eigenvalue weighted by molar-refractivity contribution is 5.78. The molecule has 2 aromatic rings. The fraction of sp³-hybridized carbons (Fsp3) is 0.500. The van der Waals surface area contributed by atoms with E-state index in [4.69, 9.17) is 0 Å². The number of fused-ring (bicyclic) bond motifs is 2. The molecule has 2 bridgehead atoms. The maximum Gasteiger partial charge on any atom is 0.224 e. The highest BCUT2D eigenvalue weighted by atomic mass is 16.1. The van der Waals surface area contributed by atoms with Crippen LogP contribution in [0.1, 0.15) is 38.2 Å². The molecule has 1 heterocycles. The predicted octanol–water partition coefficient (Wildman–Crippen LogP) is 3.36. The Balaban J connectivity index is 1.34. The molecule has 4 atom stereocenters. The second-order valence-electron chi connectivity index (χ2n) is 7.50. The Kier molecular flexibility index (Phi) is 4.13. The lowest BCUT2D eigenvalue weighted by Crippen LogP contribution is -2.40. The van der Waals surface area contributed by atoms with E-state index >= 15 is 0 Å². The summed E-state index contributed by atoms with van der Waals surface area (Å²) in [6.07, 6.45) is 9.58. The molecule has 0 unspecified atom stereocenters. The minimum atomic E-state index is 0.109. The molecule has 1 N–H and O–H groups in total. The van der Waals surface area contributed by atoms with Crippen molar-refractivity contribution in [1.29, 1.82) is 0 Å². The van der Waals surface area contributed by atoms with Gasteiger partial charge in [-0.25, -0.2) is 4.68 Å². The van der Waals surface area contributed by atoms with Gasteiger partial charge in [0.1, 0.15) is 0 Å². The van der Waals surface area contributed by atoms with Crippen molar-refractivity contribution in [2.75, 3.05) is 0 Å². The number of benzene rings is 1. The lowest BCUT2D eigenvalue weighted by molar-refractivity contribution is -0.121. The molecule has 0 spiro atoms. The summed E-state index contributed by atoms with van der Waals surface area (Å²) in [4.78, 5) is 12.4. The minimum Gasteiger partial charge on any atom is -0.353 e. The Morgan fingerprint density at radius 1 is 1.29 bits per heavy atom. The van der Waals surface area contributed by atoms with Crippen molar-refractivity contribution >= 4 is 5.91 Å². The molecule has 0 saturated heterocycles. The molecule has 2 fully saturated rings. The van der Waals surface area contributed by atoms with Gasteiger partial charge in [0.2, 0.25) is 5.91 Å². The summed E-state index contributed by atoms with van der Waals surface area (Å²) in [6.45, 7) is 2.18. The quantitative estimate of drug-likeness (QED) is 0.917. The van der Waals surface area contributed by atoms with Crippen LogP contribution in [0.25, 0.3) is 5.69 Å². The summed E-state index contributed by atoms with van der Waals surface area (Å²) in [6, 6.07) is 10.3. The Morgan fingerprint density at radius 3 is 2.83 bits per heavy atom. The summed E-state index contributed by atoms with van der Waals surface area (Å²) in [7, 11) is 0. The number of aromatic nitrogens is 2. The average Bonchev–Trinajstić information content (AvgIpc) is 3.32. The lowest BCUT2D eigenvalue weighted by Gasteiger charge is -2.28. The molecule has 4 nitrogen and oxygen atoms in total. The van der Waals surface area contributed by atoms with Crippen LogP contribution in [0.4, 0.5) is 0 Å². The van der Waals surface area contributed by atoms with E-state index < -0.39 is 0 Å². The second-order valence-corrected chi connectivity index (χ2v) is 7.50. The third kappa shape index (κ3) is 3.10. The van der Waals surface area contributed by atoms with Crippen molar-refractivity contribution in [3.63, 3.8) is 0 Å². The SMILES string of the molecule is C[C@@H](NC(=O)Cc1cnn(-c2ccccc2)c1)[C@@H]1C[C@H]2CC[C@H]1C2. The number of nitrogens with one attached hydrogen (secondary N) is 1. The van der Waals surface area contributed by atoms with E-state index in [0.717, 1.165) is 23.1 Å². The van der Waals surface area contributed by atoms with Gasteiger partial charge in [-0.1, -0.05) is 24.6 Å². The van der Waals surface area contributed by atoms with Crippen LogP contribution in [0.2, 0.25) is 0 Å². The lowest BCUT2D eigenvalue weighted by atomic mass is 9.84. The molecule has 1 amide bonds. The molecule has 126 valence electrons. The van der Waals surface area contributed by atoms with E-state index in [1.54, 1.807) is 6.20 Å². The van der Waals surface area contributed by atoms with Gasteiger partial charge in [0.25, 0.3) is 0 Å². The maximum atomic E-state index is 12.4. The van der Waals surface area contributed by atoms with Crippen LogP contribution in [-0.4, -0.2) is 21.7 Å². The smallest absolute Gasteiger partial charge is 0.224 e. The zero-order valence-corrected chi connectivity index (χ0v) is 14.2. The van der Waals surface area contributed by atoms with Crippen molar-refractivity contribution in [3.8, 4) is 5.69 Å². The summed E-state index contributed by atoms with van der Waals surface area (Å²) in [5, 5.41) is 7.59. The summed E-state index contributed by atoms with van der Waals surface area (Å²) < 4.78 is 1.82. The van der Waals surface area contributed by atoms with E-state index in [1.807, 2.05) is 41.2 Å². The Labute approximate surface area is 143 Å². The van der Waals surface area contributed by atoms with Crippen LogP contribution in [0.5, 0.6) is 0 Å². The van der Waals surface area contributed by atoms with Crippen LogP contribution in [0.15, 0.2) is 42.7 Å². The Hall–Kier alpha value is -2.10. The van der Waals surface area contributed by atoms with Crippen molar-refractivity contribution in [2.24, 2.45) is 17.8 Å².